The zero-order valence-corrected chi connectivity index (χ0v) is 10.5. The predicted molar refractivity (Wildman–Crippen MR) is 67.2 cm³/mol. The van der Waals surface area contributed by atoms with Crippen LogP contribution >= 0.6 is 22.6 Å². The zero-order chi connectivity index (χ0) is 12.4. The van der Waals surface area contributed by atoms with E-state index in [9.17, 15) is 13.6 Å². The van der Waals surface area contributed by atoms with Gasteiger partial charge in [-0.25, -0.2) is 13.8 Å². The lowest BCUT2D eigenvalue weighted by molar-refractivity contribution is 0.603. The van der Waals surface area contributed by atoms with Crippen molar-refractivity contribution in [2.24, 2.45) is 0 Å². The molecule has 2 N–H and O–H groups in total. The maximum atomic E-state index is 13.3. The molecule has 4 nitrogen and oxygen atoms in total. The van der Waals surface area contributed by atoms with Gasteiger partial charge in [0.25, 0.3) is 5.56 Å². The van der Waals surface area contributed by atoms with Gasteiger partial charge in [-0.05, 0) is 34.7 Å². The monoisotopic (exact) mass is 349 g/mol. The largest absolute Gasteiger partial charge is 0.337 e. The molecule has 0 spiro atoms. The van der Waals surface area contributed by atoms with E-state index in [0.29, 0.717) is 0 Å². The molecule has 0 radical (unpaired) electrons. The van der Waals surface area contributed by atoms with E-state index in [1.165, 1.54) is 6.33 Å². The van der Waals surface area contributed by atoms with E-state index < -0.39 is 11.6 Å². The summed E-state index contributed by atoms with van der Waals surface area (Å²) in [6.45, 7) is 0. The molecule has 1 heterocycles. The smallest absolute Gasteiger partial charge is 0.266 e. The van der Waals surface area contributed by atoms with E-state index in [0.717, 1.165) is 18.2 Å². The quantitative estimate of drug-likeness (QED) is 0.819. The second kappa shape index (κ2) is 4.78. The number of nitrogens with zero attached hydrogens (tertiary/aromatic N) is 1. The molecule has 0 fully saturated rings. The molecule has 0 aliphatic rings. The highest BCUT2D eigenvalue weighted by molar-refractivity contribution is 14.1. The Kier molecular flexibility index (Phi) is 3.36. The second-order valence-electron chi connectivity index (χ2n) is 3.14. The number of aromatic nitrogens is 2. The van der Waals surface area contributed by atoms with Gasteiger partial charge in [-0.2, -0.15) is 0 Å². The van der Waals surface area contributed by atoms with Gasteiger partial charge >= 0.3 is 0 Å². The Morgan fingerprint density at radius 1 is 1.35 bits per heavy atom. The predicted octanol–water partition coefficient (Wildman–Crippen LogP) is 2.40. The Morgan fingerprint density at radius 2 is 2.12 bits per heavy atom. The fourth-order valence-electron chi connectivity index (χ4n) is 1.19. The topological polar surface area (TPSA) is 57.8 Å². The molecule has 1 aromatic heterocycles. The number of hydrogen-bond donors (Lipinski definition) is 2. The molecule has 17 heavy (non-hydrogen) atoms. The summed E-state index contributed by atoms with van der Waals surface area (Å²) in [5.41, 5.74) is -0.416. The molecular formula is C10H6F2IN3O. The number of aromatic amines is 1. The maximum absolute atomic E-state index is 13.3. The number of rotatable bonds is 2. The first-order valence-electron chi connectivity index (χ1n) is 4.53. The second-order valence-corrected chi connectivity index (χ2v) is 4.22. The van der Waals surface area contributed by atoms with Crippen molar-refractivity contribution < 1.29 is 8.78 Å². The number of benzene rings is 1. The molecule has 1 aromatic carbocycles. The first-order chi connectivity index (χ1) is 8.08. The van der Waals surface area contributed by atoms with Crippen LogP contribution in [-0.2, 0) is 0 Å². The van der Waals surface area contributed by atoms with Crippen LogP contribution in [0.4, 0.5) is 20.3 Å². The fraction of sp³-hybridized carbons (Fsp3) is 0. The van der Waals surface area contributed by atoms with Crippen molar-refractivity contribution in [2.45, 2.75) is 0 Å². The molecule has 0 atom stereocenters. The molecular weight excluding hydrogens is 343 g/mol. The lowest BCUT2D eigenvalue weighted by Crippen LogP contribution is -2.13. The average molecular weight is 349 g/mol. The van der Waals surface area contributed by atoms with Crippen LogP contribution in [0.2, 0.25) is 0 Å². The summed E-state index contributed by atoms with van der Waals surface area (Å²) in [6, 6.07) is 3.00. The molecule has 0 unspecified atom stereocenters. The highest BCUT2D eigenvalue weighted by Gasteiger charge is 2.09. The Labute approximate surface area is 108 Å². The minimum Gasteiger partial charge on any atom is -0.337 e. The first-order valence-corrected chi connectivity index (χ1v) is 5.61. The van der Waals surface area contributed by atoms with Gasteiger partial charge in [-0.1, -0.05) is 0 Å². The Balaban J connectivity index is 2.41. The molecule has 0 amide bonds. The molecule has 2 rings (SSSR count). The number of anilines is 2. The van der Waals surface area contributed by atoms with E-state index in [4.69, 9.17) is 0 Å². The summed E-state index contributed by atoms with van der Waals surface area (Å²) in [5, 5.41) is 2.57. The van der Waals surface area contributed by atoms with Crippen molar-refractivity contribution in [3.8, 4) is 0 Å². The van der Waals surface area contributed by atoms with Gasteiger partial charge in [0, 0.05) is 6.07 Å². The van der Waals surface area contributed by atoms with Crippen LogP contribution in [0, 0.1) is 15.2 Å². The van der Waals surface area contributed by atoms with Crippen molar-refractivity contribution in [3.05, 3.63) is 50.1 Å². The zero-order valence-electron chi connectivity index (χ0n) is 8.30. The van der Waals surface area contributed by atoms with Crippen molar-refractivity contribution >= 4 is 34.1 Å². The van der Waals surface area contributed by atoms with Gasteiger partial charge < -0.3 is 10.3 Å². The van der Waals surface area contributed by atoms with Gasteiger partial charge in [-0.3, -0.25) is 4.79 Å². The van der Waals surface area contributed by atoms with Gasteiger partial charge in [0.2, 0.25) is 0 Å². The third-order valence-corrected chi connectivity index (χ3v) is 2.98. The summed E-state index contributed by atoms with van der Waals surface area (Å²) in [4.78, 5) is 17.5. The summed E-state index contributed by atoms with van der Waals surface area (Å²) in [5.74, 6) is -1.02. The van der Waals surface area contributed by atoms with Crippen LogP contribution < -0.4 is 10.9 Å². The van der Waals surface area contributed by atoms with Crippen LogP contribution in [0.1, 0.15) is 0 Å². The average Bonchev–Trinajstić information content (AvgIpc) is 2.30. The van der Waals surface area contributed by atoms with Crippen LogP contribution in [0.5, 0.6) is 0 Å². The molecule has 7 heteroatoms. The molecule has 88 valence electrons. The Morgan fingerprint density at radius 3 is 2.88 bits per heavy atom. The minimum atomic E-state index is -0.621. The third kappa shape index (κ3) is 2.60. The van der Waals surface area contributed by atoms with Crippen LogP contribution in [0.15, 0.2) is 29.3 Å². The number of hydrogen-bond acceptors (Lipinski definition) is 3. The van der Waals surface area contributed by atoms with E-state index in [-0.39, 0.29) is 20.6 Å². The molecule has 0 bridgehead atoms. The van der Waals surface area contributed by atoms with Gasteiger partial charge in [0.15, 0.2) is 5.82 Å². The lowest BCUT2D eigenvalue weighted by atomic mass is 10.3. The number of halogens is 3. The summed E-state index contributed by atoms with van der Waals surface area (Å²) < 4.78 is 26.5. The Bertz CT molecular complexity index is 615. The summed E-state index contributed by atoms with van der Waals surface area (Å²) in [7, 11) is 0. The van der Waals surface area contributed by atoms with E-state index in [1.807, 2.05) is 0 Å². The fourth-order valence-corrected chi connectivity index (χ4v) is 1.62. The van der Waals surface area contributed by atoms with Crippen LogP contribution in [0.3, 0.4) is 0 Å². The number of H-pyrrole nitrogens is 1. The third-order valence-electron chi connectivity index (χ3n) is 1.98. The van der Waals surface area contributed by atoms with Gasteiger partial charge in [-0.15, -0.1) is 0 Å². The molecule has 0 aliphatic heterocycles. The van der Waals surface area contributed by atoms with Crippen molar-refractivity contribution in [2.75, 3.05) is 5.32 Å². The maximum Gasteiger partial charge on any atom is 0.266 e. The summed E-state index contributed by atoms with van der Waals surface area (Å²) >= 11 is 1.77. The first kappa shape index (κ1) is 12.0. The normalized spacial score (nSPS) is 10.3. The SMILES string of the molecule is O=c1[nH]cnc(Nc2cc(F)ccc2F)c1I. The van der Waals surface area contributed by atoms with E-state index in [2.05, 4.69) is 15.3 Å². The van der Waals surface area contributed by atoms with Gasteiger partial charge in [0.05, 0.1) is 12.0 Å². The van der Waals surface area contributed by atoms with E-state index >= 15 is 0 Å². The van der Waals surface area contributed by atoms with Crippen molar-refractivity contribution in [1.29, 1.82) is 0 Å². The highest BCUT2D eigenvalue weighted by Crippen LogP contribution is 2.21. The standard InChI is InChI=1S/C10H6F2IN3O/c11-5-1-2-6(12)7(3-5)16-9-8(13)10(17)15-4-14-9/h1-4H,(H2,14,15,16,17). The summed E-state index contributed by atoms with van der Waals surface area (Å²) in [6.07, 6.45) is 1.18. The minimum absolute atomic E-state index is 0.0685. The molecule has 0 aliphatic carbocycles. The molecule has 0 saturated carbocycles. The molecule has 2 aromatic rings. The highest BCUT2D eigenvalue weighted by atomic mass is 127. The van der Waals surface area contributed by atoms with Crippen LogP contribution in [0.25, 0.3) is 0 Å². The van der Waals surface area contributed by atoms with Crippen molar-refractivity contribution in [1.82, 2.24) is 9.97 Å². The molecule has 0 saturated heterocycles. The lowest BCUT2D eigenvalue weighted by Gasteiger charge is -2.07. The van der Waals surface area contributed by atoms with E-state index in [1.54, 1.807) is 22.6 Å². The van der Waals surface area contributed by atoms with Gasteiger partial charge in [0.1, 0.15) is 15.2 Å². The van der Waals surface area contributed by atoms with Crippen LogP contribution in [-0.4, -0.2) is 9.97 Å². The number of nitrogens with one attached hydrogen (secondary N) is 2. The van der Waals surface area contributed by atoms with Crippen molar-refractivity contribution in [3.63, 3.8) is 0 Å². The Hall–Kier alpha value is -1.51.